The molecule has 168 valence electrons. The van der Waals surface area contributed by atoms with Crippen LogP contribution in [0.1, 0.15) is 104 Å². The Bertz CT molecular complexity index is 469. The highest BCUT2D eigenvalue weighted by Crippen LogP contribution is 2.28. The van der Waals surface area contributed by atoms with Crippen LogP contribution in [-0.2, 0) is 19.1 Å². The molecule has 29 heavy (non-hydrogen) atoms. The van der Waals surface area contributed by atoms with Crippen molar-refractivity contribution in [3.63, 3.8) is 0 Å². The van der Waals surface area contributed by atoms with Crippen LogP contribution in [0.3, 0.4) is 0 Å². The largest absolute Gasteiger partial charge is 0.465 e. The molecule has 1 aliphatic carbocycles. The fourth-order valence-electron chi connectivity index (χ4n) is 3.74. The molecule has 0 saturated heterocycles. The molecular formula is C25H44O4. The number of unbranched alkanes of at least 4 members (excludes halogenated alkanes) is 10. The van der Waals surface area contributed by atoms with Gasteiger partial charge in [0.25, 0.3) is 0 Å². The lowest BCUT2D eigenvalue weighted by Crippen LogP contribution is -2.34. The minimum atomic E-state index is -0.399. The number of allylic oxidation sites excluding steroid dienone is 2. The molecule has 0 aromatic carbocycles. The standard InChI is InChI=1S/C25H44O4/c1-4-5-6-7-8-9-10-11-12-13-16-19-28-24(26)22-17-14-15-18-23(22)25(27)29-20-21(2)3/h14-15,21-23H,4-13,16-20H2,1-3H3. The van der Waals surface area contributed by atoms with Crippen LogP contribution in [0.15, 0.2) is 12.2 Å². The summed E-state index contributed by atoms with van der Waals surface area (Å²) in [7, 11) is 0. The van der Waals surface area contributed by atoms with Crippen molar-refractivity contribution in [1.82, 2.24) is 0 Å². The number of esters is 2. The van der Waals surface area contributed by atoms with Gasteiger partial charge >= 0.3 is 11.9 Å². The van der Waals surface area contributed by atoms with Gasteiger partial charge in [-0.25, -0.2) is 0 Å². The summed E-state index contributed by atoms with van der Waals surface area (Å²) in [6.07, 6.45) is 19.1. The first kappa shape index (κ1) is 25.7. The zero-order chi connectivity index (χ0) is 21.3. The maximum absolute atomic E-state index is 12.5. The van der Waals surface area contributed by atoms with E-state index >= 15 is 0 Å². The van der Waals surface area contributed by atoms with Crippen molar-refractivity contribution in [2.24, 2.45) is 17.8 Å². The van der Waals surface area contributed by atoms with Gasteiger partial charge in [-0.2, -0.15) is 0 Å². The van der Waals surface area contributed by atoms with Gasteiger partial charge in [0.05, 0.1) is 25.0 Å². The molecule has 0 aromatic rings. The first-order chi connectivity index (χ1) is 14.1. The first-order valence-electron chi connectivity index (χ1n) is 12.0. The van der Waals surface area contributed by atoms with E-state index in [1.54, 1.807) is 0 Å². The first-order valence-corrected chi connectivity index (χ1v) is 12.0. The Morgan fingerprint density at radius 1 is 0.759 bits per heavy atom. The van der Waals surface area contributed by atoms with Gasteiger partial charge in [-0.15, -0.1) is 0 Å². The molecule has 0 spiro atoms. The predicted octanol–water partition coefficient (Wildman–Crippen LogP) is 6.62. The van der Waals surface area contributed by atoms with E-state index in [9.17, 15) is 9.59 Å². The lowest BCUT2D eigenvalue weighted by atomic mass is 9.83. The van der Waals surface area contributed by atoms with E-state index in [1.807, 2.05) is 26.0 Å². The highest BCUT2D eigenvalue weighted by Gasteiger charge is 2.36. The maximum atomic E-state index is 12.5. The zero-order valence-electron chi connectivity index (χ0n) is 19.1. The second-order valence-electron chi connectivity index (χ2n) is 8.88. The molecule has 0 saturated carbocycles. The van der Waals surface area contributed by atoms with E-state index in [0.29, 0.717) is 32.0 Å². The fraction of sp³-hybridized carbons (Fsp3) is 0.840. The second-order valence-corrected chi connectivity index (χ2v) is 8.88. The average molecular weight is 409 g/mol. The molecule has 0 amide bonds. The number of carbonyl (C=O) groups is 2. The van der Waals surface area contributed by atoms with Crippen LogP contribution in [0.2, 0.25) is 0 Å². The van der Waals surface area contributed by atoms with E-state index in [-0.39, 0.29) is 11.9 Å². The molecule has 0 bridgehead atoms. The molecule has 2 atom stereocenters. The van der Waals surface area contributed by atoms with Gasteiger partial charge in [-0.1, -0.05) is 97.1 Å². The molecule has 1 aliphatic rings. The third-order valence-electron chi connectivity index (χ3n) is 5.59. The minimum absolute atomic E-state index is 0.243. The summed E-state index contributed by atoms with van der Waals surface area (Å²) in [5, 5.41) is 0. The molecule has 1 rings (SSSR count). The molecule has 0 fully saturated rings. The van der Waals surface area contributed by atoms with Crippen LogP contribution < -0.4 is 0 Å². The normalized spacial score (nSPS) is 18.8. The fourth-order valence-corrected chi connectivity index (χ4v) is 3.74. The summed E-state index contributed by atoms with van der Waals surface area (Å²) in [4.78, 5) is 24.8. The lowest BCUT2D eigenvalue weighted by Gasteiger charge is -2.25. The molecule has 4 heteroatoms. The second kappa shape index (κ2) is 16.5. The van der Waals surface area contributed by atoms with Crippen molar-refractivity contribution in [2.45, 2.75) is 104 Å². The molecular weight excluding hydrogens is 364 g/mol. The number of ether oxygens (including phenoxy) is 2. The summed E-state index contributed by atoms with van der Waals surface area (Å²) >= 11 is 0. The Kier molecular flexibility index (Phi) is 14.6. The molecule has 0 aliphatic heterocycles. The van der Waals surface area contributed by atoms with Gasteiger partial charge < -0.3 is 9.47 Å². The zero-order valence-corrected chi connectivity index (χ0v) is 19.1. The smallest absolute Gasteiger partial charge is 0.310 e. The molecule has 0 radical (unpaired) electrons. The third-order valence-corrected chi connectivity index (χ3v) is 5.59. The Morgan fingerprint density at radius 2 is 1.21 bits per heavy atom. The van der Waals surface area contributed by atoms with Crippen molar-refractivity contribution in [3.05, 3.63) is 12.2 Å². The van der Waals surface area contributed by atoms with Crippen molar-refractivity contribution >= 4 is 11.9 Å². The van der Waals surface area contributed by atoms with Crippen LogP contribution in [0.5, 0.6) is 0 Å². The Hall–Kier alpha value is -1.32. The number of hydrogen-bond donors (Lipinski definition) is 0. The Balaban J connectivity index is 2.12. The molecule has 0 heterocycles. The predicted molar refractivity (Wildman–Crippen MR) is 119 cm³/mol. The summed E-state index contributed by atoms with van der Waals surface area (Å²) in [5.74, 6) is -1.01. The Morgan fingerprint density at radius 3 is 1.69 bits per heavy atom. The van der Waals surface area contributed by atoms with Gasteiger partial charge in [0, 0.05) is 0 Å². The topological polar surface area (TPSA) is 52.6 Å². The summed E-state index contributed by atoms with van der Waals surface area (Å²) < 4.78 is 10.8. The van der Waals surface area contributed by atoms with Crippen molar-refractivity contribution in [1.29, 1.82) is 0 Å². The van der Waals surface area contributed by atoms with Gasteiger partial charge in [0.1, 0.15) is 0 Å². The van der Waals surface area contributed by atoms with Crippen molar-refractivity contribution in [2.75, 3.05) is 13.2 Å². The van der Waals surface area contributed by atoms with E-state index in [0.717, 1.165) is 12.8 Å². The van der Waals surface area contributed by atoms with E-state index < -0.39 is 11.8 Å². The Labute approximate surface area is 178 Å². The highest BCUT2D eigenvalue weighted by molar-refractivity contribution is 5.82. The molecule has 0 aromatic heterocycles. The highest BCUT2D eigenvalue weighted by atomic mass is 16.5. The van der Waals surface area contributed by atoms with Gasteiger partial charge in [0.2, 0.25) is 0 Å². The summed E-state index contributed by atoms with van der Waals surface area (Å²) in [5.41, 5.74) is 0. The van der Waals surface area contributed by atoms with Gasteiger partial charge in [-0.3, -0.25) is 9.59 Å². The SMILES string of the molecule is CCCCCCCCCCCCCOC(=O)C1CC=CCC1C(=O)OCC(C)C. The molecule has 0 N–H and O–H groups in total. The third kappa shape index (κ3) is 12.1. The summed E-state index contributed by atoms with van der Waals surface area (Å²) in [6, 6.07) is 0. The quantitative estimate of drug-likeness (QED) is 0.163. The van der Waals surface area contributed by atoms with E-state index in [1.165, 1.54) is 57.8 Å². The van der Waals surface area contributed by atoms with Crippen LogP contribution in [-0.4, -0.2) is 25.2 Å². The summed E-state index contributed by atoms with van der Waals surface area (Å²) in [6.45, 7) is 7.13. The molecule has 4 nitrogen and oxygen atoms in total. The van der Waals surface area contributed by atoms with Crippen LogP contribution in [0, 0.1) is 17.8 Å². The van der Waals surface area contributed by atoms with Crippen LogP contribution in [0.4, 0.5) is 0 Å². The number of hydrogen-bond acceptors (Lipinski definition) is 4. The van der Waals surface area contributed by atoms with Gasteiger partial charge in [-0.05, 0) is 25.2 Å². The van der Waals surface area contributed by atoms with Crippen molar-refractivity contribution < 1.29 is 19.1 Å². The minimum Gasteiger partial charge on any atom is -0.465 e. The van der Waals surface area contributed by atoms with Gasteiger partial charge in [0.15, 0.2) is 0 Å². The van der Waals surface area contributed by atoms with Crippen molar-refractivity contribution in [3.8, 4) is 0 Å². The molecule has 2 unspecified atom stereocenters. The number of carbonyl (C=O) groups excluding carboxylic acids is 2. The monoisotopic (exact) mass is 408 g/mol. The van der Waals surface area contributed by atoms with E-state index in [4.69, 9.17) is 9.47 Å². The van der Waals surface area contributed by atoms with Crippen LogP contribution in [0.25, 0.3) is 0 Å². The number of rotatable bonds is 16. The van der Waals surface area contributed by atoms with E-state index in [2.05, 4.69) is 6.92 Å². The lowest BCUT2D eigenvalue weighted by molar-refractivity contribution is -0.161. The maximum Gasteiger partial charge on any atom is 0.310 e. The van der Waals surface area contributed by atoms with Crippen LogP contribution >= 0.6 is 0 Å². The average Bonchev–Trinajstić information content (AvgIpc) is 2.72.